The van der Waals surface area contributed by atoms with Gasteiger partial charge in [-0.2, -0.15) is 0 Å². The number of rotatable bonds is 1. The standard InChI is InChI=1S/C16H18/c1-13-5-3-7-15(11-9-13)16-8-4-6-14(2)10-12-16/h4,6-9,11-12H,1,3,5,10H2,2H3. The summed E-state index contributed by atoms with van der Waals surface area (Å²) in [7, 11) is 0. The van der Waals surface area contributed by atoms with E-state index >= 15 is 0 Å². The third-order valence-electron chi connectivity index (χ3n) is 2.96. The van der Waals surface area contributed by atoms with Crippen LogP contribution in [0, 0.1) is 0 Å². The molecular weight excluding hydrogens is 192 g/mol. The van der Waals surface area contributed by atoms with Crippen molar-refractivity contribution in [1.82, 2.24) is 0 Å². The molecule has 0 aromatic carbocycles. The summed E-state index contributed by atoms with van der Waals surface area (Å²) in [5, 5.41) is 0. The van der Waals surface area contributed by atoms with Gasteiger partial charge in [0.1, 0.15) is 0 Å². The second-order valence-corrected chi connectivity index (χ2v) is 4.43. The monoisotopic (exact) mass is 210 g/mol. The van der Waals surface area contributed by atoms with Crippen molar-refractivity contribution in [2.75, 3.05) is 0 Å². The number of allylic oxidation sites excluding steroid dienone is 11. The second kappa shape index (κ2) is 4.98. The molecule has 2 aliphatic rings. The van der Waals surface area contributed by atoms with Crippen molar-refractivity contribution in [2.24, 2.45) is 0 Å². The zero-order chi connectivity index (χ0) is 11.4. The van der Waals surface area contributed by atoms with Gasteiger partial charge in [0.25, 0.3) is 0 Å². The zero-order valence-electron chi connectivity index (χ0n) is 9.87. The van der Waals surface area contributed by atoms with Crippen LogP contribution in [0.2, 0.25) is 0 Å². The molecule has 0 atom stereocenters. The Morgan fingerprint density at radius 1 is 1.06 bits per heavy atom. The molecule has 16 heavy (non-hydrogen) atoms. The van der Waals surface area contributed by atoms with E-state index in [1.54, 1.807) is 0 Å². The van der Waals surface area contributed by atoms with Crippen molar-refractivity contribution >= 4 is 0 Å². The average Bonchev–Trinajstić information content (AvgIpc) is 2.59. The van der Waals surface area contributed by atoms with E-state index in [-0.39, 0.29) is 0 Å². The molecule has 0 N–H and O–H groups in total. The van der Waals surface area contributed by atoms with E-state index in [4.69, 9.17) is 0 Å². The van der Waals surface area contributed by atoms with E-state index < -0.39 is 0 Å². The van der Waals surface area contributed by atoms with Crippen LogP contribution in [0.5, 0.6) is 0 Å². The molecular formula is C16H18. The SMILES string of the molecule is C=C1C=CC(C2=CCC(C)=CC=C2)=CCC1. The van der Waals surface area contributed by atoms with E-state index in [1.165, 1.54) is 22.3 Å². The lowest BCUT2D eigenvalue weighted by Gasteiger charge is -2.02. The van der Waals surface area contributed by atoms with Gasteiger partial charge in [0, 0.05) is 0 Å². The van der Waals surface area contributed by atoms with Crippen molar-refractivity contribution in [1.29, 1.82) is 0 Å². The molecule has 0 aromatic heterocycles. The first-order chi connectivity index (χ1) is 7.75. The van der Waals surface area contributed by atoms with Crippen LogP contribution in [-0.2, 0) is 0 Å². The highest BCUT2D eigenvalue weighted by atomic mass is 14.1. The average molecular weight is 210 g/mol. The van der Waals surface area contributed by atoms with Crippen molar-refractivity contribution in [3.8, 4) is 0 Å². The van der Waals surface area contributed by atoms with Crippen LogP contribution >= 0.6 is 0 Å². The fourth-order valence-corrected chi connectivity index (χ4v) is 1.92. The predicted octanol–water partition coefficient (Wildman–Crippen LogP) is 4.65. The second-order valence-electron chi connectivity index (χ2n) is 4.43. The molecule has 0 spiro atoms. The maximum atomic E-state index is 4.02. The van der Waals surface area contributed by atoms with Gasteiger partial charge in [-0.05, 0) is 37.3 Å². The molecule has 0 heterocycles. The Morgan fingerprint density at radius 2 is 1.88 bits per heavy atom. The summed E-state index contributed by atoms with van der Waals surface area (Å²) in [4.78, 5) is 0. The highest BCUT2D eigenvalue weighted by Crippen LogP contribution is 2.23. The molecule has 0 fully saturated rings. The summed E-state index contributed by atoms with van der Waals surface area (Å²) in [6, 6.07) is 0. The highest BCUT2D eigenvalue weighted by molar-refractivity contribution is 5.50. The number of hydrogen-bond acceptors (Lipinski definition) is 0. The largest absolute Gasteiger partial charge is 0.0958 e. The Bertz CT molecular complexity index is 437. The molecule has 0 unspecified atom stereocenters. The first-order valence-electron chi connectivity index (χ1n) is 5.86. The van der Waals surface area contributed by atoms with Crippen LogP contribution < -0.4 is 0 Å². The first kappa shape index (κ1) is 10.9. The minimum atomic E-state index is 1.05. The smallest absolute Gasteiger partial charge is 0.0129 e. The fourth-order valence-electron chi connectivity index (χ4n) is 1.92. The molecule has 0 saturated carbocycles. The molecule has 2 aliphatic carbocycles. The third kappa shape index (κ3) is 2.73. The van der Waals surface area contributed by atoms with Crippen molar-refractivity contribution in [2.45, 2.75) is 26.2 Å². The van der Waals surface area contributed by atoms with Gasteiger partial charge in [-0.1, -0.05) is 60.3 Å². The van der Waals surface area contributed by atoms with Gasteiger partial charge in [-0.25, -0.2) is 0 Å². The van der Waals surface area contributed by atoms with Gasteiger partial charge in [0.15, 0.2) is 0 Å². The van der Waals surface area contributed by atoms with E-state index in [2.05, 4.69) is 56.0 Å². The molecule has 0 radical (unpaired) electrons. The minimum Gasteiger partial charge on any atom is -0.0958 e. The van der Waals surface area contributed by atoms with Gasteiger partial charge < -0.3 is 0 Å². The minimum absolute atomic E-state index is 1.05. The van der Waals surface area contributed by atoms with E-state index in [1.807, 2.05) is 0 Å². The first-order valence-corrected chi connectivity index (χ1v) is 5.86. The van der Waals surface area contributed by atoms with Crippen molar-refractivity contribution in [3.05, 3.63) is 71.4 Å². The maximum absolute atomic E-state index is 4.02. The molecule has 82 valence electrons. The van der Waals surface area contributed by atoms with Gasteiger partial charge in [-0.3, -0.25) is 0 Å². The Balaban J connectivity index is 2.22. The highest BCUT2D eigenvalue weighted by Gasteiger charge is 2.03. The van der Waals surface area contributed by atoms with Gasteiger partial charge >= 0.3 is 0 Å². The molecule has 0 heteroatoms. The van der Waals surface area contributed by atoms with Crippen LogP contribution in [0.25, 0.3) is 0 Å². The maximum Gasteiger partial charge on any atom is -0.0129 e. The van der Waals surface area contributed by atoms with Crippen molar-refractivity contribution < 1.29 is 0 Å². The van der Waals surface area contributed by atoms with Crippen LogP contribution in [-0.4, -0.2) is 0 Å². The van der Waals surface area contributed by atoms with Crippen LogP contribution in [0.4, 0.5) is 0 Å². The molecule has 0 amide bonds. The van der Waals surface area contributed by atoms with Gasteiger partial charge in [0.05, 0.1) is 0 Å². The quantitative estimate of drug-likeness (QED) is 0.591. The summed E-state index contributed by atoms with van der Waals surface area (Å²) in [6.07, 6.45) is 18.7. The molecule has 0 bridgehead atoms. The van der Waals surface area contributed by atoms with E-state index in [0.717, 1.165) is 19.3 Å². The summed E-state index contributed by atoms with van der Waals surface area (Å²) in [6.45, 7) is 6.19. The zero-order valence-corrected chi connectivity index (χ0v) is 9.87. The lowest BCUT2D eigenvalue weighted by molar-refractivity contribution is 1.02. The Hall–Kier alpha value is -1.56. The van der Waals surface area contributed by atoms with Crippen LogP contribution in [0.3, 0.4) is 0 Å². The molecule has 0 aromatic rings. The van der Waals surface area contributed by atoms with Crippen LogP contribution in [0.1, 0.15) is 26.2 Å². The van der Waals surface area contributed by atoms with Crippen molar-refractivity contribution in [3.63, 3.8) is 0 Å². The predicted molar refractivity (Wildman–Crippen MR) is 71.2 cm³/mol. The van der Waals surface area contributed by atoms with Crippen LogP contribution in [0.15, 0.2) is 71.4 Å². The van der Waals surface area contributed by atoms with Gasteiger partial charge in [0.2, 0.25) is 0 Å². The molecule has 2 rings (SSSR count). The summed E-state index contributed by atoms with van der Waals surface area (Å²) in [5.41, 5.74) is 5.30. The Morgan fingerprint density at radius 3 is 2.75 bits per heavy atom. The topological polar surface area (TPSA) is 0 Å². The summed E-state index contributed by atoms with van der Waals surface area (Å²) >= 11 is 0. The van der Waals surface area contributed by atoms with E-state index in [0.29, 0.717) is 0 Å². The Labute approximate surface area is 98.1 Å². The normalized spacial score (nSPS) is 20.8. The molecule has 0 nitrogen and oxygen atoms in total. The Kier molecular flexibility index (Phi) is 3.40. The molecule has 0 saturated heterocycles. The summed E-state index contributed by atoms with van der Waals surface area (Å²) in [5.74, 6) is 0. The number of hydrogen-bond donors (Lipinski definition) is 0. The molecule has 0 aliphatic heterocycles. The van der Waals surface area contributed by atoms with E-state index in [9.17, 15) is 0 Å². The van der Waals surface area contributed by atoms with Gasteiger partial charge in [-0.15, -0.1) is 0 Å². The lowest BCUT2D eigenvalue weighted by Crippen LogP contribution is -1.82. The lowest BCUT2D eigenvalue weighted by atomic mass is 10.0. The summed E-state index contributed by atoms with van der Waals surface area (Å²) < 4.78 is 0. The fraction of sp³-hybridized carbons (Fsp3) is 0.250. The third-order valence-corrected chi connectivity index (χ3v) is 2.96.